The molecule has 37 heavy (non-hydrogen) atoms. The van der Waals surface area contributed by atoms with Crippen molar-refractivity contribution in [3.8, 4) is 0 Å². The Hall–Kier alpha value is -2.91. The quantitative estimate of drug-likeness (QED) is 0.173. The zero-order valence-electron chi connectivity index (χ0n) is 18.4. The first-order chi connectivity index (χ1) is 17.5. The zero-order chi connectivity index (χ0) is 27.1. The van der Waals surface area contributed by atoms with Gasteiger partial charge in [0.1, 0.15) is 10.5 Å². The maximum atomic E-state index is 11.0. The van der Waals surface area contributed by atoms with E-state index in [1.54, 1.807) is 18.2 Å². The maximum Gasteiger partial charge on any atom is 0.317 e. The summed E-state index contributed by atoms with van der Waals surface area (Å²) in [5.74, 6) is -4.58. The van der Waals surface area contributed by atoms with Crippen LogP contribution < -0.4 is 0 Å². The number of halogens is 1. The number of carbonyl (C=O) groups is 4. The predicted octanol–water partition coefficient (Wildman–Crippen LogP) is 5.29. The van der Waals surface area contributed by atoms with E-state index in [1.165, 1.54) is 22.7 Å². The Labute approximate surface area is 230 Å². The lowest BCUT2D eigenvalue weighted by molar-refractivity contribution is -0.142. The molecule has 0 bridgehead atoms. The van der Waals surface area contributed by atoms with Crippen LogP contribution in [0, 0.1) is 0 Å². The van der Waals surface area contributed by atoms with Crippen molar-refractivity contribution < 1.29 is 39.6 Å². The zero-order valence-corrected chi connectivity index (χ0v) is 22.5. The molecule has 10 nitrogen and oxygen atoms in total. The van der Waals surface area contributed by atoms with Crippen LogP contribution >= 0.6 is 57.8 Å². The number of carboxylic acids is 4. The van der Waals surface area contributed by atoms with Gasteiger partial charge < -0.3 is 20.4 Å². The highest BCUT2D eigenvalue weighted by atomic mass is 35.5. The molecule has 0 aliphatic carbocycles. The number of nitrogens with zero attached hydrogens (tertiary/aromatic N) is 2. The van der Waals surface area contributed by atoms with E-state index in [0.717, 1.165) is 38.4 Å². The molecular weight excluding hydrogens is 584 g/mol. The first-order valence-corrected chi connectivity index (χ1v) is 13.9. The second kappa shape index (κ2) is 13.1. The largest absolute Gasteiger partial charge is 0.481 e. The van der Waals surface area contributed by atoms with E-state index in [1.807, 2.05) is 24.3 Å². The molecule has 0 aliphatic heterocycles. The molecule has 2 heterocycles. The highest BCUT2D eigenvalue weighted by Gasteiger charge is 2.25. The Morgan fingerprint density at radius 3 is 1.73 bits per heavy atom. The molecule has 0 aliphatic rings. The van der Waals surface area contributed by atoms with Gasteiger partial charge in [0, 0.05) is 5.02 Å². The van der Waals surface area contributed by atoms with E-state index in [0.29, 0.717) is 19.2 Å². The highest BCUT2D eigenvalue weighted by molar-refractivity contribution is 8.02. The van der Waals surface area contributed by atoms with E-state index in [9.17, 15) is 19.2 Å². The maximum absolute atomic E-state index is 11.0. The minimum absolute atomic E-state index is 0.421. The molecule has 2 atom stereocenters. The van der Waals surface area contributed by atoms with Gasteiger partial charge in [0.05, 0.1) is 33.3 Å². The second-order valence-electron chi connectivity index (χ2n) is 7.12. The summed E-state index contributed by atoms with van der Waals surface area (Å²) >= 11 is 10.4. The van der Waals surface area contributed by atoms with Crippen molar-refractivity contribution in [3.05, 3.63) is 47.5 Å². The Bertz CT molecular complexity index is 1420. The van der Waals surface area contributed by atoms with Gasteiger partial charge >= 0.3 is 23.9 Å². The first kappa shape index (κ1) is 28.7. The molecule has 0 fully saturated rings. The number of thiazole rings is 2. The average molecular weight is 601 g/mol. The number of carboxylic acid groups (broad SMARTS) is 4. The fraction of sp³-hybridized carbons (Fsp3) is 0.182. The molecule has 0 radical (unpaired) electrons. The molecule has 4 aromatic rings. The summed E-state index contributed by atoms with van der Waals surface area (Å²) < 4.78 is 2.93. The molecule has 0 saturated carbocycles. The normalized spacial score (nSPS) is 12.5. The number of rotatable bonds is 10. The minimum Gasteiger partial charge on any atom is -0.481 e. The number of hydrogen-bond donors (Lipinski definition) is 4. The molecule has 0 spiro atoms. The van der Waals surface area contributed by atoms with Crippen LogP contribution in [0.15, 0.2) is 51.1 Å². The highest BCUT2D eigenvalue weighted by Crippen LogP contribution is 2.35. The SMILES string of the molecule is O=C(O)CC(Sc1nc2cc(Cl)ccc2s1)C(=O)O.O=C(O)CC(Sc1nc2ccccc2s1)C(=O)O. The lowest BCUT2D eigenvalue weighted by Crippen LogP contribution is -2.20. The molecule has 15 heteroatoms. The molecule has 2 unspecified atom stereocenters. The van der Waals surface area contributed by atoms with Gasteiger partial charge in [-0.1, -0.05) is 47.3 Å². The van der Waals surface area contributed by atoms with Gasteiger partial charge in [0.15, 0.2) is 8.68 Å². The number of thioether (sulfide) groups is 2. The van der Waals surface area contributed by atoms with Gasteiger partial charge in [-0.3, -0.25) is 19.2 Å². The van der Waals surface area contributed by atoms with Crippen molar-refractivity contribution in [2.45, 2.75) is 32.0 Å². The summed E-state index contributed by atoms with van der Waals surface area (Å²) in [5.41, 5.74) is 1.48. The topological polar surface area (TPSA) is 175 Å². The number of fused-ring (bicyclic) bond motifs is 2. The summed E-state index contributed by atoms with van der Waals surface area (Å²) in [6, 6.07) is 12.7. The van der Waals surface area contributed by atoms with Crippen molar-refractivity contribution in [1.29, 1.82) is 0 Å². The van der Waals surface area contributed by atoms with Gasteiger partial charge in [-0.15, -0.1) is 22.7 Å². The van der Waals surface area contributed by atoms with E-state index >= 15 is 0 Å². The molecule has 0 saturated heterocycles. The van der Waals surface area contributed by atoms with Crippen molar-refractivity contribution in [3.63, 3.8) is 0 Å². The molecule has 194 valence electrons. The molecule has 4 N–H and O–H groups in total. The van der Waals surface area contributed by atoms with Gasteiger partial charge in [0.25, 0.3) is 0 Å². The van der Waals surface area contributed by atoms with Gasteiger partial charge in [-0.25, -0.2) is 9.97 Å². The Kier molecular flexibility index (Phi) is 10.1. The third-order valence-corrected chi connectivity index (χ3v) is 9.23. The summed E-state index contributed by atoms with van der Waals surface area (Å²) in [6.07, 6.45) is -0.868. The van der Waals surface area contributed by atoms with Gasteiger partial charge in [-0.05, 0) is 30.3 Å². The first-order valence-electron chi connectivity index (χ1n) is 10.2. The monoisotopic (exact) mass is 600 g/mol. The summed E-state index contributed by atoms with van der Waals surface area (Å²) in [4.78, 5) is 51.6. The Morgan fingerprint density at radius 1 is 0.757 bits per heavy atom. The van der Waals surface area contributed by atoms with Crippen LogP contribution in [0.4, 0.5) is 0 Å². The number of aliphatic carboxylic acids is 4. The average Bonchev–Trinajstić information content (AvgIpc) is 3.40. The lowest BCUT2D eigenvalue weighted by atomic mass is 10.3. The summed E-state index contributed by atoms with van der Waals surface area (Å²) in [5, 5.41) is 33.7. The van der Waals surface area contributed by atoms with E-state index in [4.69, 9.17) is 32.0 Å². The van der Waals surface area contributed by atoms with Crippen LogP contribution in [0.25, 0.3) is 20.4 Å². The van der Waals surface area contributed by atoms with Gasteiger partial charge in [0.2, 0.25) is 0 Å². The number of hydrogen-bond acceptors (Lipinski definition) is 10. The van der Waals surface area contributed by atoms with E-state index < -0.39 is 47.2 Å². The number of aromatic nitrogens is 2. The van der Waals surface area contributed by atoms with Crippen molar-refractivity contribution in [1.82, 2.24) is 9.97 Å². The molecule has 4 rings (SSSR count). The second-order valence-corrected chi connectivity index (χ2v) is 12.5. The molecule has 0 amide bonds. The smallest absolute Gasteiger partial charge is 0.317 e. The van der Waals surface area contributed by atoms with Crippen LogP contribution in [-0.4, -0.2) is 64.8 Å². The standard InChI is InChI=1S/C11H8ClNO4S2.C11H9NO4S2/c12-5-1-2-7-6(3-5)13-11(18-7)19-8(10(16)17)4-9(14)15;13-9(14)5-8(10(15)16)18-11-12-6-3-1-2-4-7(6)17-11/h1-3,8H,4H2,(H,14,15)(H,16,17);1-4,8H,5H2,(H,13,14)(H,15,16). The van der Waals surface area contributed by atoms with Crippen molar-refractivity contribution in [2.24, 2.45) is 0 Å². The third-order valence-electron chi connectivity index (χ3n) is 4.36. The summed E-state index contributed by atoms with van der Waals surface area (Å²) in [6.45, 7) is 0. The van der Waals surface area contributed by atoms with E-state index in [2.05, 4.69) is 9.97 Å². The fourth-order valence-corrected chi connectivity index (χ4v) is 7.35. The van der Waals surface area contributed by atoms with Crippen LogP contribution in [0.5, 0.6) is 0 Å². The van der Waals surface area contributed by atoms with Gasteiger partial charge in [-0.2, -0.15) is 0 Å². The minimum atomic E-state index is -1.16. The Balaban J connectivity index is 0.000000206. The number of benzene rings is 2. The van der Waals surface area contributed by atoms with Crippen LogP contribution in [0.1, 0.15) is 12.8 Å². The number of para-hydroxylation sites is 1. The van der Waals surface area contributed by atoms with Crippen LogP contribution in [-0.2, 0) is 19.2 Å². The fourth-order valence-electron chi connectivity index (χ4n) is 2.75. The lowest BCUT2D eigenvalue weighted by Gasteiger charge is -2.06. The van der Waals surface area contributed by atoms with Crippen LogP contribution in [0.3, 0.4) is 0 Å². The van der Waals surface area contributed by atoms with Crippen LogP contribution in [0.2, 0.25) is 5.02 Å². The van der Waals surface area contributed by atoms with Crippen molar-refractivity contribution >= 4 is 102 Å². The van der Waals surface area contributed by atoms with E-state index in [-0.39, 0.29) is 0 Å². The Morgan fingerprint density at radius 2 is 1.24 bits per heavy atom. The predicted molar refractivity (Wildman–Crippen MR) is 143 cm³/mol. The molecular formula is C22H17ClN2O8S4. The van der Waals surface area contributed by atoms with Crippen molar-refractivity contribution in [2.75, 3.05) is 0 Å². The summed E-state index contributed by atoms with van der Waals surface area (Å²) in [7, 11) is 0. The third kappa shape index (κ3) is 8.57. The molecule has 2 aromatic carbocycles. The molecule has 2 aromatic heterocycles.